The van der Waals surface area contributed by atoms with Crippen molar-refractivity contribution in [2.45, 2.75) is 0 Å². The van der Waals surface area contributed by atoms with E-state index in [1.807, 2.05) is 30.3 Å². The molecule has 0 atom stereocenters. The smallest absolute Gasteiger partial charge is 0.297 e. The Morgan fingerprint density at radius 1 is 1.17 bits per heavy atom. The molecule has 2 aromatic rings. The number of nitrogens with zero attached hydrogens (tertiary/aromatic N) is 3. The zero-order chi connectivity index (χ0) is 7.52. The number of benzene rings is 1. The number of rotatable bonds is 1. The monoisotopic (exact) mass is 226 g/mol. The summed E-state index contributed by atoms with van der Waals surface area (Å²) in [6.07, 6.45) is 1.47. The van der Waals surface area contributed by atoms with Gasteiger partial charge in [-0.05, 0) is 27.2 Å². The molecule has 0 aliphatic heterocycles. The Kier molecular flexibility index (Phi) is 2.93. The first-order valence-electron chi connectivity index (χ1n) is 3.30. The summed E-state index contributed by atoms with van der Waals surface area (Å²) in [6, 6.07) is 9.76. The summed E-state index contributed by atoms with van der Waals surface area (Å²) >= 11 is 0. The highest BCUT2D eigenvalue weighted by Crippen LogP contribution is 1.93. The highest BCUT2D eigenvalue weighted by atomic mass is 79.9. The van der Waals surface area contributed by atoms with Gasteiger partial charge in [0.1, 0.15) is 0 Å². The zero-order valence-corrected chi connectivity index (χ0v) is 7.77. The molecule has 0 radical (unpaired) electrons. The molecule has 0 fully saturated rings. The van der Waals surface area contributed by atoms with E-state index in [1.165, 1.54) is 6.33 Å². The number of hydrogen-bond donors (Lipinski definition) is 1. The van der Waals surface area contributed by atoms with Crippen LogP contribution < -0.4 is 21.8 Å². The first-order chi connectivity index (χ1) is 5.47. The number of aromatic nitrogens is 4. The molecule has 1 N–H and O–H groups in total. The minimum absolute atomic E-state index is 0. The van der Waals surface area contributed by atoms with Crippen molar-refractivity contribution in [2.24, 2.45) is 0 Å². The van der Waals surface area contributed by atoms with Gasteiger partial charge in [0.25, 0.3) is 6.33 Å². The Morgan fingerprint density at radius 3 is 2.50 bits per heavy atom. The van der Waals surface area contributed by atoms with E-state index in [4.69, 9.17) is 0 Å². The largest absolute Gasteiger partial charge is 1.00 e. The molecule has 0 saturated heterocycles. The molecule has 0 amide bonds. The number of H-pyrrole nitrogens is 1. The lowest BCUT2D eigenvalue weighted by Crippen LogP contribution is -3.00. The number of tetrazole rings is 1. The van der Waals surface area contributed by atoms with E-state index < -0.39 is 0 Å². The SMILES string of the molecule is [Br-].c1ccc(-[n+]2ncn[nH]2)cc1. The van der Waals surface area contributed by atoms with Crippen molar-refractivity contribution in [3.63, 3.8) is 0 Å². The number of hydrogen-bond acceptors (Lipinski definition) is 2. The highest BCUT2D eigenvalue weighted by Gasteiger charge is 2.01. The molecule has 12 heavy (non-hydrogen) atoms. The second-order valence-corrected chi connectivity index (χ2v) is 2.11. The van der Waals surface area contributed by atoms with Crippen LogP contribution in [0.5, 0.6) is 0 Å². The molecular weight excluding hydrogens is 220 g/mol. The van der Waals surface area contributed by atoms with Crippen LogP contribution in [0.3, 0.4) is 0 Å². The van der Waals surface area contributed by atoms with Crippen LogP contribution in [0.2, 0.25) is 0 Å². The number of aromatic amines is 1. The highest BCUT2D eigenvalue weighted by molar-refractivity contribution is 5.19. The summed E-state index contributed by atoms with van der Waals surface area (Å²) in [5.74, 6) is 0. The summed E-state index contributed by atoms with van der Waals surface area (Å²) in [7, 11) is 0. The maximum atomic E-state index is 3.94. The predicted molar refractivity (Wildman–Crippen MR) is 37.9 cm³/mol. The number of halogens is 1. The van der Waals surface area contributed by atoms with Gasteiger partial charge in [0.15, 0.2) is 5.69 Å². The fourth-order valence-electron chi connectivity index (χ4n) is 0.877. The van der Waals surface area contributed by atoms with Crippen LogP contribution in [0, 0.1) is 0 Å². The molecule has 1 aromatic carbocycles. The molecule has 0 spiro atoms. The molecular formula is C7H7BrN4. The summed E-state index contributed by atoms with van der Waals surface area (Å²) < 4.78 is 0. The van der Waals surface area contributed by atoms with Crippen molar-refractivity contribution in [3.05, 3.63) is 36.7 Å². The van der Waals surface area contributed by atoms with Crippen LogP contribution in [0.25, 0.3) is 5.69 Å². The fourth-order valence-corrected chi connectivity index (χ4v) is 0.877. The molecule has 4 nitrogen and oxygen atoms in total. The molecule has 0 bridgehead atoms. The third-order valence-corrected chi connectivity index (χ3v) is 1.38. The normalized spacial score (nSPS) is 9.00. The van der Waals surface area contributed by atoms with E-state index in [1.54, 1.807) is 4.80 Å². The van der Waals surface area contributed by atoms with Gasteiger partial charge in [-0.3, -0.25) is 0 Å². The minimum atomic E-state index is 0. The van der Waals surface area contributed by atoms with Crippen LogP contribution in [-0.4, -0.2) is 15.4 Å². The molecule has 0 unspecified atom stereocenters. The van der Waals surface area contributed by atoms with Crippen LogP contribution in [-0.2, 0) is 0 Å². The number of nitrogens with one attached hydrogen (secondary N) is 1. The molecule has 5 heteroatoms. The topological polar surface area (TPSA) is 45.5 Å². The van der Waals surface area contributed by atoms with Gasteiger partial charge in [0.2, 0.25) is 0 Å². The van der Waals surface area contributed by atoms with Crippen LogP contribution in [0.1, 0.15) is 0 Å². The Hall–Kier alpha value is -1.23. The lowest BCUT2D eigenvalue weighted by molar-refractivity contribution is -0.716. The van der Waals surface area contributed by atoms with Crippen molar-refractivity contribution in [3.8, 4) is 5.69 Å². The van der Waals surface area contributed by atoms with Gasteiger partial charge in [-0.2, -0.15) is 0 Å². The van der Waals surface area contributed by atoms with Gasteiger partial charge in [0, 0.05) is 0 Å². The standard InChI is InChI=1S/C7H6N4.BrH/c1-2-4-7(5-3-1)11-9-6-8-10-11;/h1-6H;1H. The molecule has 62 valence electrons. The average Bonchev–Trinajstić information content (AvgIpc) is 2.58. The van der Waals surface area contributed by atoms with Gasteiger partial charge in [0.05, 0.1) is 5.10 Å². The van der Waals surface area contributed by atoms with Crippen molar-refractivity contribution in [1.29, 1.82) is 0 Å². The van der Waals surface area contributed by atoms with E-state index >= 15 is 0 Å². The molecule has 0 aliphatic rings. The lowest BCUT2D eigenvalue weighted by atomic mass is 10.3. The summed E-state index contributed by atoms with van der Waals surface area (Å²) in [6.45, 7) is 0. The van der Waals surface area contributed by atoms with Gasteiger partial charge in [-0.15, -0.1) is 0 Å². The second-order valence-electron chi connectivity index (χ2n) is 2.11. The molecule has 1 heterocycles. The van der Waals surface area contributed by atoms with Gasteiger partial charge < -0.3 is 17.0 Å². The third-order valence-electron chi connectivity index (χ3n) is 1.38. The molecule has 0 aliphatic carbocycles. The van der Waals surface area contributed by atoms with Crippen molar-refractivity contribution < 1.29 is 21.8 Å². The Morgan fingerprint density at radius 2 is 1.92 bits per heavy atom. The zero-order valence-electron chi connectivity index (χ0n) is 6.18. The number of para-hydroxylation sites is 1. The van der Waals surface area contributed by atoms with Crippen molar-refractivity contribution in [1.82, 2.24) is 15.4 Å². The van der Waals surface area contributed by atoms with E-state index in [0.29, 0.717) is 0 Å². The molecule has 2 rings (SSSR count). The first kappa shape index (κ1) is 8.86. The van der Waals surface area contributed by atoms with Gasteiger partial charge in [-0.1, -0.05) is 18.2 Å². The Balaban J connectivity index is 0.000000720. The summed E-state index contributed by atoms with van der Waals surface area (Å²) in [5, 5.41) is 10.4. The van der Waals surface area contributed by atoms with E-state index in [-0.39, 0.29) is 17.0 Å². The summed E-state index contributed by atoms with van der Waals surface area (Å²) in [5.41, 5.74) is 0.977. The fraction of sp³-hybridized carbons (Fsp3) is 0. The Labute approximate surface area is 80.0 Å². The van der Waals surface area contributed by atoms with Crippen LogP contribution in [0.4, 0.5) is 0 Å². The minimum Gasteiger partial charge on any atom is -1.00 e. The lowest BCUT2D eigenvalue weighted by Gasteiger charge is -1.87. The Bertz CT molecular complexity index is 318. The van der Waals surface area contributed by atoms with E-state index in [2.05, 4.69) is 15.4 Å². The van der Waals surface area contributed by atoms with Gasteiger partial charge >= 0.3 is 0 Å². The third kappa shape index (κ3) is 1.68. The predicted octanol–water partition coefficient (Wildman–Crippen LogP) is -2.91. The molecule has 1 aromatic heterocycles. The van der Waals surface area contributed by atoms with E-state index in [9.17, 15) is 0 Å². The molecule has 0 saturated carbocycles. The van der Waals surface area contributed by atoms with Crippen LogP contribution in [0.15, 0.2) is 36.7 Å². The maximum absolute atomic E-state index is 3.94. The van der Waals surface area contributed by atoms with Gasteiger partial charge in [-0.25, -0.2) is 0 Å². The summed E-state index contributed by atoms with van der Waals surface area (Å²) in [4.78, 5) is 1.60. The first-order valence-corrected chi connectivity index (χ1v) is 3.30. The van der Waals surface area contributed by atoms with Crippen LogP contribution >= 0.6 is 0 Å². The second kappa shape index (κ2) is 3.96. The van der Waals surface area contributed by atoms with Crippen molar-refractivity contribution in [2.75, 3.05) is 0 Å². The average molecular weight is 227 g/mol. The van der Waals surface area contributed by atoms with E-state index in [0.717, 1.165) is 5.69 Å². The maximum Gasteiger partial charge on any atom is 0.297 e. The van der Waals surface area contributed by atoms with Crippen molar-refractivity contribution >= 4 is 0 Å². The quantitative estimate of drug-likeness (QED) is 0.531.